The van der Waals surface area contributed by atoms with E-state index < -0.39 is 5.97 Å². The smallest absolute Gasteiger partial charge is 0.338 e. The van der Waals surface area contributed by atoms with Crippen LogP contribution in [0.5, 0.6) is 17.2 Å². The summed E-state index contributed by atoms with van der Waals surface area (Å²) in [4.78, 5) is 17.1. The van der Waals surface area contributed by atoms with Crippen molar-refractivity contribution < 1.29 is 24.1 Å². The molecule has 6 heteroatoms. The van der Waals surface area contributed by atoms with Gasteiger partial charge in [-0.3, -0.25) is 0 Å². The van der Waals surface area contributed by atoms with Crippen LogP contribution in [0.1, 0.15) is 21.6 Å². The number of carboxylic acids is 1. The third-order valence-corrected chi connectivity index (χ3v) is 5.35. The van der Waals surface area contributed by atoms with Crippen molar-refractivity contribution in [3.63, 3.8) is 0 Å². The van der Waals surface area contributed by atoms with Gasteiger partial charge in [0.25, 0.3) is 0 Å². The van der Waals surface area contributed by atoms with Crippen molar-refractivity contribution in [3.8, 4) is 28.4 Å². The second-order valence-corrected chi connectivity index (χ2v) is 7.22. The van der Waals surface area contributed by atoms with Gasteiger partial charge in [0.1, 0.15) is 5.75 Å². The van der Waals surface area contributed by atoms with Gasteiger partial charge in [0.05, 0.1) is 38.1 Å². The molecule has 0 amide bonds. The van der Waals surface area contributed by atoms with Gasteiger partial charge in [-0.1, -0.05) is 48.5 Å². The van der Waals surface area contributed by atoms with Crippen molar-refractivity contribution >= 4 is 29.0 Å². The number of benzene rings is 3. The lowest BCUT2D eigenvalue weighted by Crippen LogP contribution is -2.06. The normalized spacial score (nSPS) is 11.0. The molecule has 1 N–H and O–H groups in total. The Hall–Kier alpha value is -4.32. The molecule has 1 heterocycles. The van der Waals surface area contributed by atoms with Crippen LogP contribution in [-0.4, -0.2) is 37.4 Å². The second kappa shape index (κ2) is 9.44. The minimum Gasteiger partial charge on any atom is -0.496 e. The monoisotopic (exact) mass is 441 g/mol. The summed E-state index contributed by atoms with van der Waals surface area (Å²) < 4.78 is 16.2. The highest BCUT2D eigenvalue weighted by atomic mass is 16.5. The Labute approximate surface area is 191 Å². The molecule has 4 rings (SSSR count). The first-order valence-electron chi connectivity index (χ1n) is 10.3. The summed E-state index contributed by atoms with van der Waals surface area (Å²) in [5.41, 5.74) is 3.33. The Kier molecular flexibility index (Phi) is 6.26. The maximum atomic E-state index is 12.4. The number of rotatable bonds is 7. The SMILES string of the molecule is COc1cc(OC)c(OC)cc1/C=C\c1nc2ccccc2c(-c2ccccc2)c1C(=O)O. The van der Waals surface area contributed by atoms with Crippen LogP contribution < -0.4 is 14.2 Å². The van der Waals surface area contributed by atoms with Crippen molar-refractivity contribution in [3.05, 3.63) is 83.6 Å². The van der Waals surface area contributed by atoms with Gasteiger partial charge in [0, 0.05) is 22.6 Å². The van der Waals surface area contributed by atoms with Crippen LogP contribution in [0.15, 0.2) is 66.7 Å². The molecule has 0 bridgehead atoms. The van der Waals surface area contributed by atoms with Gasteiger partial charge < -0.3 is 19.3 Å². The fourth-order valence-corrected chi connectivity index (χ4v) is 3.82. The molecular formula is C27H23NO5. The predicted molar refractivity (Wildman–Crippen MR) is 129 cm³/mol. The number of aromatic nitrogens is 1. The van der Waals surface area contributed by atoms with E-state index in [0.717, 1.165) is 10.9 Å². The van der Waals surface area contributed by atoms with E-state index in [1.54, 1.807) is 45.6 Å². The molecule has 166 valence electrons. The largest absolute Gasteiger partial charge is 0.496 e. The van der Waals surface area contributed by atoms with Crippen LogP contribution in [0, 0.1) is 0 Å². The Bertz CT molecular complexity index is 1350. The average Bonchev–Trinajstić information content (AvgIpc) is 2.86. The zero-order valence-corrected chi connectivity index (χ0v) is 18.5. The van der Waals surface area contributed by atoms with Crippen molar-refractivity contribution in [1.82, 2.24) is 4.98 Å². The van der Waals surface area contributed by atoms with Crippen LogP contribution in [0.25, 0.3) is 34.2 Å². The molecular weight excluding hydrogens is 418 g/mol. The highest BCUT2D eigenvalue weighted by Crippen LogP contribution is 2.37. The summed E-state index contributed by atoms with van der Waals surface area (Å²) in [7, 11) is 4.66. The summed E-state index contributed by atoms with van der Waals surface area (Å²) in [5, 5.41) is 11.0. The van der Waals surface area contributed by atoms with Gasteiger partial charge in [-0.25, -0.2) is 9.78 Å². The molecule has 0 unspecified atom stereocenters. The molecule has 3 aromatic carbocycles. The van der Waals surface area contributed by atoms with Crippen LogP contribution in [0.4, 0.5) is 0 Å². The standard InChI is InChI=1S/C27H23NO5/c1-31-22-16-24(33-3)23(32-2)15-18(22)13-14-21-26(27(29)30)25(17-9-5-4-6-10-17)19-11-7-8-12-20(19)28-21/h4-16H,1-3H3,(H,29,30)/b14-13-. The Morgan fingerprint density at radius 3 is 2.12 bits per heavy atom. The quantitative estimate of drug-likeness (QED) is 0.391. The zero-order chi connectivity index (χ0) is 23.4. The fraction of sp³-hybridized carbons (Fsp3) is 0.111. The number of nitrogens with zero attached hydrogens (tertiary/aromatic N) is 1. The van der Waals surface area contributed by atoms with E-state index in [1.807, 2.05) is 54.6 Å². The zero-order valence-electron chi connectivity index (χ0n) is 18.5. The van der Waals surface area contributed by atoms with Crippen LogP contribution in [-0.2, 0) is 0 Å². The number of fused-ring (bicyclic) bond motifs is 1. The molecule has 0 radical (unpaired) electrons. The van der Waals surface area contributed by atoms with Crippen LogP contribution in [0.2, 0.25) is 0 Å². The number of hydrogen-bond donors (Lipinski definition) is 1. The van der Waals surface area contributed by atoms with E-state index in [9.17, 15) is 9.90 Å². The summed E-state index contributed by atoms with van der Waals surface area (Å²) in [6.45, 7) is 0. The number of pyridine rings is 1. The third kappa shape index (κ3) is 4.23. The molecule has 0 saturated heterocycles. The molecule has 1 aromatic heterocycles. The van der Waals surface area contributed by atoms with Crippen LogP contribution >= 0.6 is 0 Å². The number of carbonyl (C=O) groups is 1. The highest BCUT2D eigenvalue weighted by Gasteiger charge is 2.21. The van der Waals surface area contributed by atoms with Gasteiger partial charge >= 0.3 is 5.97 Å². The molecule has 0 fully saturated rings. The topological polar surface area (TPSA) is 77.9 Å². The lowest BCUT2D eigenvalue weighted by Gasteiger charge is -2.14. The highest BCUT2D eigenvalue weighted by molar-refractivity contribution is 6.09. The van der Waals surface area contributed by atoms with E-state index in [4.69, 9.17) is 14.2 Å². The molecule has 0 saturated carbocycles. The van der Waals surface area contributed by atoms with E-state index >= 15 is 0 Å². The number of methoxy groups -OCH3 is 3. The molecule has 6 nitrogen and oxygen atoms in total. The Balaban J connectivity index is 1.95. The van der Waals surface area contributed by atoms with E-state index in [1.165, 1.54) is 0 Å². The molecule has 0 aliphatic heterocycles. The predicted octanol–water partition coefficient (Wildman–Crippen LogP) is 5.80. The van der Waals surface area contributed by atoms with Gasteiger partial charge in [-0.05, 0) is 29.8 Å². The molecule has 33 heavy (non-hydrogen) atoms. The maximum Gasteiger partial charge on any atom is 0.338 e. The van der Waals surface area contributed by atoms with Gasteiger partial charge in [0.15, 0.2) is 11.5 Å². The molecule has 0 spiro atoms. The van der Waals surface area contributed by atoms with E-state index in [2.05, 4.69) is 4.98 Å². The first-order chi connectivity index (χ1) is 16.1. The lowest BCUT2D eigenvalue weighted by molar-refractivity contribution is 0.0697. The summed E-state index contributed by atoms with van der Waals surface area (Å²) in [5.74, 6) is 0.580. The summed E-state index contributed by atoms with van der Waals surface area (Å²) >= 11 is 0. The first-order valence-corrected chi connectivity index (χ1v) is 10.3. The average molecular weight is 441 g/mol. The van der Waals surface area contributed by atoms with Crippen molar-refractivity contribution in [2.45, 2.75) is 0 Å². The third-order valence-electron chi connectivity index (χ3n) is 5.35. The van der Waals surface area contributed by atoms with Crippen LogP contribution in [0.3, 0.4) is 0 Å². The molecule has 4 aromatic rings. The lowest BCUT2D eigenvalue weighted by atomic mass is 9.93. The van der Waals surface area contributed by atoms with E-state index in [0.29, 0.717) is 39.6 Å². The van der Waals surface area contributed by atoms with Crippen molar-refractivity contribution in [1.29, 1.82) is 0 Å². The minimum atomic E-state index is -1.05. The molecule has 0 aliphatic rings. The van der Waals surface area contributed by atoms with Gasteiger partial charge in [0.2, 0.25) is 0 Å². The number of aromatic carboxylic acids is 1. The molecule has 0 atom stereocenters. The minimum absolute atomic E-state index is 0.135. The van der Waals surface area contributed by atoms with Gasteiger partial charge in [-0.15, -0.1) is 0 Å². The number of hydrogen-bond acceptors (Lipinski definition) is 5. The Morgan fingerprint density at radius 1 is 0.818 bits per heavy atom. The van der Waals surface area contributed by atoms with E-state index in [-0.39, 0.29) is 5.56 Å². The number of para-hydroxylation sites is 1. The molecule has 0 aliphatic carbocycles. The summed E-state index contributed by atoms with van der Waals surface area (Å²) in [6.07, 6.45) is 3.45. The number of carboxylic acid groups (broad SMARTS) is 1. The van der Waals surface area contributed by atoms with Crippen molar-refractivity contribution in [2.75, 3.05) is 21.3 Å². The fourth-order valence-electron chi connectivity index (χ4n) is 3.82. The maximum absolute atomic E-state index is 12.4. The number of ether oxygens (including phenoxy) is 3. The van der Waals surface area contributed by atoms with Gasteiger partial charge in [-0.2, -0.15) is 0 Å². The summed E-state index contributed by atoms with van der Waals surface area (Å²) in [6, 6.07) is 20.5. The second-order valence-electron chi connectivity index (χ2n) is 7.22. The first kappa shape index (κ1) is 21.9. The Morgan fingerprint density at radius 2 is 1.45 bits per heavy atom. The van der Waals surface area contributed by atoms with Crippen molar-refractivity contribution in [2.24, 2.45) is 0 Å².